The van der Waals surface area contributed by atoms with Crippen molar-refractivity contribution in [3.63, 3.8) is 0 Å². The molecule has 0 saturated heterocycles. The lowest BCUT2D eigenvalue weighted by Crippen LogP contribution is -2.31. The number of aromatic nitrogens is 4. The molecular weight excluding hydrogens is 467 g/mol. The zero-order valence-corrected chi connectivity index (χ0v) is 20.0. The minimum Gasteiger partial charge on any atom is -0.349 e. The molecule has 2 N–H and O–H groups in total. The third-order valence-electron chi connectivity index (χ3n) is 5.61. The van der Waals surface area contributed by atoms with Crippen LogP contribution in [0.3, 0.4) is 0 Å². The molecule has 35 heavy (non-hydrogen) atoms. The van der Waals surface area contributed by atoms with Crippen LogP contribution in [0.2, 0.25) is 0 Å². The maximum Gasteiger partial charge on any atom is 0.420 e. The van der Waals surface area contributed by atoms with E-state index in [9.17, 15) is 22.0 Å². The second-order valence-electron chi connectivity index (χ2n) is 8.28. The molecule has 0 spiro atoms. The molecule has 0 unspecified atom stereocenters. The summed E-state index contributed by atoms with van der Waals surface area (Å²) in [5.74, 6) is -0.389. The molecule has 0 amide bonds. The van der Waals surface area contributed by atoms with Crippen LogP contribution in [-0.2, 0) is 12.7 Å². The van der Waals surface area contributed by atoms with E-state index in [1.807, 2.05) is 6.92 Å². The van der Waals surface area contributed by atoms with Crippen LogP contribution >= 0.6 is 0 Å². The topological polar surface area (TPSA) is 67.7 Å². The van der Waals surface area contributed by atoms with Gasteiger partial charge in [-0.15, -0.1) is 0 Å². The highest BCUT2D eigenvalue weighted by Crippen LogP contribution is 2.36. The standard InChI is InChI=1S/C24H29F5N6/c1-5-7-19(17(25)6-2)33-23-31-12-16(24(27,28)29)22(34-23)20-13-35(14(3)32-20)21-9-8-15(11-30-4)10-18(21)26/h8-10,12-13,17,19,30H,5-7,11H2,1-4H3,(H,31,33,34)/t17-,19+/m1/s1. The Labute approximate surface area is 201 Å². The summed E-state index contributed by atoms with van der Waals surface area (Å²) < 4.78 is 71.9. The fourth-order valence-electron chi connectivity index (χ4n) is 3.85. The molecule has 6 nitrogen and oxygen atoms in total. The number of halogens is 5. The van der Waals surface area contributed by atoms with E-state index in [4.69, 9.17) is 0 Å². The van der Waals surface area contributed by atoms with Crippen LogP contribution in [0.25, 0.3) is 17.1 Å². The summed E-state index contributed by atoms with van der Waals surface area (Å²) in [6.45, 7) is 5.60. The Morgan fingerprint density at radius 1 is 1.14 bits per heavy atom. The number of nitrogens with zero attached hydrogens (tertiary/aromatic N) is 4. The molecule has 2 heterocycles. The minimum atomic E-state index is -4.75. The maximum absolute atomic E-state index is 14.8. The van der Waals surface area contributed by atoms with Crippen molar-refractivity contribution < 1.29 is 22.0 Å². The van der Waals surface area contributed by atoms with Gasteiger partial charge in [-0.3, -0.25) is 0 Å². The largest absolute Gasteiger partial charge is 0.420 e. The molecule has 190 valence electrons. The maximum atomic E-state index is 14.8. The van der Waals surface area contributed by atoms with E-state index < -0.39 is 35.5 Å². The summed E-state index contributed by atoms with van der Waals surface area (Å²) in [5, 5.41) is 5.76. The van der Waals surface area contributed by atoms with Gasteiger partial charge in [-0.25, -0.2) is 23.7 Å². The predicted octanol–water partition coefficient (Wildman–Crippen LogP) is 5.84. The van der Waals surface area contributed by atoms with E-state index in [-0.39, 0.29) is 29.6 Å². The van der Waals surface area contributed by atoms with Gasteiger partial charge < -0.3 is 15.2 Å². The van der Waals surface area contributed by atoms with Gasteiger partial charge >= 0.3 is 6.18 Å². The molecule has 0 saturated carbocycles. The van der Waals surface area contributed by atoms with E-state index in [2.05, 4.69) is 25.6 Å². The SMILES string of the molecule is CCC[C@H](Nc1ncc(C(F)(F)F)c(-c2cn(-c3ccc(CNC)cc3F)c(C)n2)n1)[C@H](F)CC. The highest BCUT2D eigenvalue weighted by Gasteiger charge is 2.36. The van der Waals surface area contributed by atoms with Gasteiger partial charge in [0.05, 0.1) is 11.7 Å². The Morgan fingerprint density at radius 3 is 2.49 bits per heavy atom. The summed E-state index contributed by atoms with van der Waals surface area (Å²) in [4.78, 5) is 12.1. The fourth-order valence-corrected chi connectivity index (χ4v) is 3.85. The second-order valence-corrected chi connectivity index (χ2v) is 8.28. The summed E-state index contributed by atoms with van der Waals surface area (Å²) >= 11 is 0. The lowest BCUT2D eigenvalue weighted by molar-refractivity contribution is -0.137. The van der Waals surface area contributed by atoms with E-state index in [0.717, 1.165) is 5.56 Å². The Balaban J connectivity index is 2.06. The van der Waals surface area contributed by atoms with Crippen molar-refractivity contribution in [2.45, 2.75) is 65.0 Å². The van der Waals surface area contributed by atoms with Crippen molar-refractivity contribution in [1.29, 1.82) is 0 Å². The van der Waals surface area contributed by atoms with Crippen LogP contribution in [0, 0.1) is 12.7 Å². The number of hydrogen-bond donors (Lipinski definition) is 2. The average Bonchev–Trinajstić information content (AvgIpc) is 3.19. The fraction of sp³-hybridized carbons (Fsp3) is 0.458. The van der Waals surface area contributed by atoms with E-state index in [1.165, 1.54) is 16.8 Å². The number of rotatable bonds is 10. The number of benzene rings is 1. The zero-order chi connectivity index (χ0) is 25.8. The molecule has 11 heteroatoms. The molecular formula is C24H29F5N6. The lowest BCUT2D eigenvalue weighted by atomic mass is 10.1. The van der Waals surface area contributed by atoms with Crippen LogP contribution in [0.1, 0.15) is 50.1 Å². The van der Waals surface area contributed by atoms with Crippen LogP contribution in [-0.4, -0.2) is 38.8 Å². The second kappa shape index (κ2) is 11.1. The quantitative estimate of drug-likeness (QED) is 0.345. The summed E-state index contributed by atoms with van der Waals surface area (Å²) in [7, 11) is 1.74. The van der Waals surface area contributed by atoms with Crippen molar-refractivity contribution in [1.82, 2.24) is 24.8 Å². The van der Waals surface area contributed by atoms with Gasteiger partial charge in [-0.1, -0.05) is 26.3 Å². The number of hydrogen-bond acceptors (Lipinski definition) is 5. The normalized spacial score (nSPS) is 13.6. The number of imidazole rings is 1. The van der Waals surface area contributed by atoms with Crippen LogP contribution in [0.5, 0.6) is 0 Å². The van der Waals surface area contributed by atoms with Gasteiger partial charge in [-0.05, 0) is 44.5 Å². The first-order chi connectivity index (χ1) is 16.6. The summed E-state index contributed by atoms with van der Waals surface area (Å²) in [6.07, 6.45) is -2.61. The van der Waals surface area contributed by atoms with Crippen molar-refractivity contribution >= 4 is 5.95 Å². The molecule has 0 aliphatic rings. The van der Waals surface area contributed by atoms with Gasteiger partial charge in [0.2, 0.25) is 5.95 Å². The number of nitrogens with one attached hydrogen (secondary N) is 2. The zero-order valence-electron chi connectivity index (χ0n) is 20.0. The van der Waals surface area contributed by atoms with E-state index in [1.54, 1.807) is 33.0 Å². The Kier molecular flexibility index (Phi) is 8.42. The molecule has 1 aromatic carbocycles. The molecule has 3 aromatic rings. The number of anilines is 1. The third kappa shape index (κ3) is 6.14. The van der Waals surface area contributed by atoms with Gasteiger partial charge in [0.15, 0.2) is 0 Å². The smallest absolute Gasteiger partial charge is 0.349 e. The molecule has 0 radical (unpaired) electrons. The Hall–Kier alpha value is -3.08. The van der Waals surface area contributed by atoms with E-state index in [0.29, 0.717) is 25.6 Å². The predicted molar refractivity (Wildman–Crippen MR) is 125 cm³/mol. The third-order valence-corrected chi connectivity index (χ3v) is 5.61. The Morgan fingerprint density at radius 2 is 1.89 bits per heavy atom. The monoisotopic (exact) mass is 496 g/mol. The van der Waals surface area contributed by atoms with Crippen molar-refractivity contribution in [3.8, 4) is 17.1 Å². The highest BCUT2D eigenvalue weighted by molar-refractivity contribution is 5.61. The molecule has 0 aliphatic carbocycles. The first-order valence-electron chi connectivity index (χ1n) is 11.4. The molecule has 0 aliphatic heterocycles. The number of alkyl halides is 4. The van der Waals surface area contributed by atoms with Crippen molar-refractivity contribution in [3.05, 3.63) is 53.4 Å². The van der Waals surface area contributed by atoms with Gasteiger partial charge in [0, 0.05) is 18.9 Å². The van der Waals surface area contributed by atoms with Gasteiger partial charge in [0.25, 0.3) is 0 Å². The van der Waals surface area contributed by atoms with Crippen LogP contribution in [0.15, 0.2) is 30.6 Å². The van der Waals surface area contributed by atoms with Crippen molar-refractivity contribution in [2.24, 2.45) is 0 Å². The van der Waals surface area contributed by atoms with Gasteiger partial charge in [0.1, 0.15) is 34.8 Å². The summed E-state index contributed by atoms with van der Waals surface area (Å²) in [6, 6.07) is 3.98. The highest BCUT2D eigenvalue weighted by atomic mass is 19.4. The molecule has 0 fully saturated rings. The lowest BCUT2D eigenvalue weighted by Gasteiger charge is -2.21. The van der Waals surface area contributed by atoms with Crippen molar-refractivity contribution in [2.75, 3.05) is 12.4 Å². The van der Waals surface area contributed by atoms with Crippen LogP contribution in [0.4, 0.5) is 27.9 Å². The first kappa shape index (κ1) is 26.5. The Bertz CT molecular complexity index is 1140. The molecule has 2 atom stereocenters. The molecule has 0 bridgehead atoms. The number of aryl methyl sites for hydroxylation is 1. The first-order valence-corrected chi connectivity index (χ1v) is 11.4. The molecule has 2 aromatic heterocycles. The molecule has 3 rings (SSSR count). The minimum absolute atomic E-state index is 0.0988. The van der Waals surface area contributed by atoms with Gasteiger partial charge in [-0.2, -0.15) is 13.2 Å². The summed E-state index contributed by atoms with van der Waals surface area (Å²) in [5.41, 5.74) is -0.785. The average molecular weight is 497 g/mol. The van der Waals surface area contributed by atoms with Crippen LogP contribution < -0.4 is 10.6 Å². The van der Waals surface area contributed by atoms with E-state index >= 15 is 0 Å².